The average molecular weight is 518 g/mol. The number of amides is 1. The van der Waals surface area contributed by atoms with Crippen LogP contribution in [0.4, 0.5) is 14.6 Å². The van der Waals surface area contributed by atoms with Crippen molar-refractivity contribution in [1.29, 1.82) is 0 Å². The maximum Gasteiger partial charge on any atom is 0.252 e. The molecule has 1 N–H and O–H groups in total. The van der Waals surface area contributed by atoms with Gasteiger partial charge in [0, 0.05) is 63.8 Å². The fourth-order valence-corrected chi connectivity index (χ4v) is 6.47. The molecule has 0 aromatic carbocycles. The Balaban J connectivity index is 1.30. The second kappa shape index (κ2) is 10.1. The predicted molar refractivity (Wildman–Crippen MR) is 134 cm³/mol. The van der Waals surface area contributed by atoms with Crippen molar-refractivity contribution >= 4 is 17.5 Å². The lowest BCUT2D eigenvalue weighted by Crippen LogP contribution is -2.58. The van der Waals surface area contributed by atoms with Gasteiger partial charge in [-0.15, -0.1) is 0 Å². The predicted octanol–water partition coefficient (Wildman–Crippen LogP) is 2.64. The van der Waals surface area contributed by atoms with Gasteiger partial charge in [-0.1, -0.05) is 6.92 Å². The van der Waals surface area contributed by atoms with Crippen LogP contribution in [0.3, 0.4) is 0 Å². The number of nitrogens with one attached hydrogen (secondary N) is 1. The van der Waals surface area contributed by atoms with E-state index in [4.69, 9.17) is 19.8 Å². The molecule has 3 aliphatic heterocycles. The number of rotatable bonds is 5. The van der Waals surface area contributed by atoms with Crippen LogP contribution in [-0.2, 0) is 16.0 Å². The SMILES string of the molecule is CC(c1cn2nc(C[C@H]3CCCNC3=O)c(N3CCN4CCOCC4C3)nc2n1)C1CCC(F)(F)CC1. The van der Waals surface area contributed by atoms with Crippen molar-refractivity contribution in [3.63, 3.8) is 0 Å². The van der Waals surface area contributed by atoms with Gasteiger partial charge in [0.15, 0.2) is 5.82 Å². The maximum absolute atomic E-state index is 13.7. The van der Waals surface area contributed by atoms with Gasteiger partial charge in [-0.3, -0.25) is 9.69 Å². The number of anilines is 1. The van der Waals surface area contributed by atoms with E-state index in [-0.39, 0.29) is 36.5 Å². The van der Waals surface area contributed by atoms with Crippen LogP contribution in [0.15, 0.2) is 6.20 Å². The van der Waals surface area contributed by atoms with Gasteiger partial charge < -0.3 is 15.0 Å². The third-order valence-corrected chi connectivity index (χ3v) is 8.89. The van der Waals surface area contributed by atoms with Gasteiger partial charge in [0.25, 0.3) is 5.78 Å². The molecule has 0 bridgehead atoms. The van der Waals surface area contributed by atoms with Crippen molar-refractivity contribution in [3.8, 4) is 0 Å². The molecule has 2 aromatic heterocycles. The van der Waals surface area contributed by atoms with E-state index < -0.39 is 5.92 Å². The number of aromatic nitrogens is 4. The van der Waals surface area contributed by atoms with E-state index >= 15 is 0 Å². The molecule has 1 saturated carbocycles. The number of fused-ring (bicyclic) bond motifs is 2. The Morgan fingerprint density at radius 3 is 2.84 bits per heavy atom. The van der Waals surface area contributed by atoms with Crippen LogP contribution in [0.1, 0.15) is 62.8 Å². The molecule has 37 heavy (non-hydrogen) atoms. The van der Waals surface area contributed by atoms with Crippen LogP contribution in [0.2, 0.25) is 0 Å². The van der Waals surface area contributed by atoms with Crippen LogP contribution in [0, 0.1) is 11.8 Å². The third kappa shape index (κ3) is 5.16. The van der Waals surface area contributed by atoms with Crippen molar-refractivity contribution in [2.24, 2.45) is 11.8 Å². The minimum atomic E-state index is -2.54. The molecule has 2 aromatic rings. The molecule has 202 valence electrons. The van der Waals surface area contributed by atoms with Gasteiger partial charge in [0.1, 0.15) is 5.69 Å². The summed E-state index contributed by atoms with van der Waals surface area (Å²) in [7, 11) is 0. The Bertz CT molecular complexity index is 1130. The molecule has 1 amide bonds. The summed E-state index contributed by atoms with van der Waals surface area (Å²) in [4.78, 5) is 27.2. The van der Waals surface area contributed by atoms with Gasteiger partial charge in [-0.25, -0.2) is 18.3 Å². The molecular formula is C26H37F2N7O2. The number of nitrogens with zero attached hydrogens (tertiary/aromatic N) is 6. The Kier molecular flexibility index (Phi) is 6.77. The van der Waals surface area contributed by atoms with Crippen LogP contribution in [-0.4, -0.2) is 88.3 Å². The standard InChI is InChI=1S/C26H37F2N7O2/c1-17(18-4-6-26(27,28)7-5-18)22-15-35-25(30-22)31-23(21(32-35)13-19-3-2-8-29-24(19)36)34-10-9-33-11-12-37-16-20(33)14-34/h15,17-20H,2-14,16H2,1H3,(H,29,36)/t17?,19-,20?/m1/s1. The minimum Gasteiger partial charge on any atom is -0.378 e. The van der Waals surface area contributed by atoms with Crippen LogP contribution < -0.4 is 10.2 Å². The summed E-state index contributed by atoms with van der Waals surface area (Å²) in [6.07, 6.45) is 5.14. The number of hydrogen-bond donors (Lipinski definition) is 1. The zero-order valence-corrected chi connectivity index (χ0v) is 21.5. The zero-order valence-electron chi connectivity index (χ0n) is 21.5. The number of piperazine rings is 1. The third-order valence-electron chi connectivity index (χ3n) is 8.89. The number of alkyl halides is 2. The van der Waals surface area contributed by atoms with Gasteiger partial charge >= 0.3 is 0 Å². The van der Waals surface area contributed by atoms with Gasteiger partial charge in [0.05, 0.1) is 31.1 Å². The van der Waals surface area contributed by atoms with Gasteiger partial charge in [0.2, 0.25) is 11.8 Å². The molecule has 9 nitrogen and oxygen atoms in total. The molecule has 2 unspecified atom stereocenters. The van der Waals surface area contributed by atoms with E-state index in [1.807, 2.05) is 6.20 Å². The Labute approximate surface area is 215 Å². The molecule has 1 aliphatic carbocycles. The monoisotopic (exact) mass is 517 g/mol. The van der Waals surface area contributed by atoms with E-state index in [0.29, 0.717) is 37.7 Å². The summed E-state index contributed by atoms with van der Waals surface area (Å²) < 4.78 is 34.9. The maximum atomic E-state index is 13.7. The molecule has 5 heterocycles. The zero-order chi connectivity index (χ0) is 25.6. The number of morpholine rings is 1. The molecule has 3 atom stereocenters. The van der Waals surface area contributed by atoms with Crippen molar-refractivity contribution < 1.29 is 18.3 Å². The van der Waals surface area contributed by atoms with Crippen molar-refractivity contribution in [3.05, 3.63) is 17.6 Å². The van der Waals surface area contributed by atoms with Crippen molar-refractivity contribution in [1.82, 2.24) is 29.8 Å². The normalized spacial score (nSPS) is 28.2. The smallest absolute Gasteiger partial charge is 0.252 e. The average Bonchev–Trinajstić information content (AvgIpc) is 3.32. The molecule has 4 aliphatic rings. The number of carbonyl (C=O) groups is 1. The van der Waals surface area contributed by atoms with Crippen molar-refractivity contribution in [2.75, 3.05) is 50.8 Å². The van der Waals surface area contributed by atoms with Crippen LogP contribution in [0.5, 0.6) is 0 Å². The number of imidazole rings is 1. The highest BCUT2D eigenvalue weighted by Gasteiger charge is 2.38. The number of piperidine rings is 1. The molecule has 0 spiro atoms. The summed E-state index contributed by atoms with van der Waals surface area (Å²) in [5.74, 6) is -1.02. The van der Waals surface area contributed by atoms with Gasteiger partial charge in [-0.05, 0) is 31.6 Å². The number of halogens is 2. The fraction of sp³-hybridized carbons (Fsp3) is 0.769. The number of ether oxygens (including phenoxy) is 1. The van der Waals surface area contributed by atoms with E-state index in [2.05, 4.69) is 22.0 Å². The molecule has 6 rings (SSSR count). The molecule has 0 radical (unpaired) electrons. The molecular weight excluding hydrogens is 480 g/mol. The minimum absolute atomic E-state index is 0.0542. The summed E-state index contributed by atoms with van der Waals surface area (Å²) in [6.45, 7) is 7.81. The highest BCUT2D eigenvalue weighted by Crippen LogP contribution is 2.42. The van der Waals surface area contributed by atoms with E-state index in [1.165, 1.54) is 0 Å². The quantitative estimate of drug-likeness (QED) is 0.653. The lowest BCUT2D eigenvalue weighted by Gasteiger charge is -2.44. The molecule has 11 heteroatoms. The van der Waals surface area contributed by atoms with Gasteiger partial charge in [-0.2, -0.15) is 10.1 Å². The van der Waals surface area contributed by atoms with Crippen LogP contribution >= 0.6 is 0 Å². The summed E-state index contributed by atoms with van der Waals surface area (Å²) in [5, 5.41) is 7.95. The van der Waals surface area contributed by atoms with E-state index in [1.54, 1.807) is 4.52 Å². The summed E-state index contributed by atoms with van der Waals surface area (Å²) >= 11 is 0. The number of carbonyl (C=O) groups excluding carboxylic acids is 1. The van der Waals surface area contributed by atoms with E-state index in [0.717, 1.165) is 69.4 Å². The van der Waals surface area contributed by atoms with E-state index in [9.17, 15) is 13.6 Å². The first-order valence-corrected chi connectivity index (χ1v) is 13.8. The second-order valence-corrected chi connectivity index (χ2v) is 11.3. The Hall–Kier alpha value is -2.40. The number of hydrogen-bond acceptors (Lipinski definition) is 7. The highest BCUT2D eigenvalue weighted by atomic mass is 19.3. The lowest BCUT2D eigenvalue weighted by atomic mass is 9.78. The molecule has 4 fully saturated rings. The highest BCUT2D eigenvalue weighted by molar-refractivity contribution is 5.79. The topological polar surface area (TPSA) is 87.9 Å². The fourth-order valence-electron chi connectivity index (χ4n) is 6.47. The Morgan fingerprint density at radius 1 is 1.19 bits per heavy atom. The first kappa shape index (κ1) is 24.9. The van der Waals surface area contributed by atoms with Crippen molar-refractivity contribution in [2.45, 2.75) is 69.8 Å². The summed E-state index contributed by atoms with van der Waals surface area (Å²) in [5.41, 5.74) is 1.66. The second-order valence-electron chi connectivity index (χ2n) is 11.3. The first-order chi connectivity index (χ1) is 17.9. The lowest BCUT2D eigenvalue weighted by molar-refractivity contribution is -0.126. The Morgan fingerprint density at radius 2 is 2.03 bits per heavy atom. The largest absolute Gasteiger partial charge is 0.378 e. The summed E-state index contributed by atoms with van der Waals surface area (Å²) in [6, 6.07) is 0.311. The first-order valence-electron chi connectivity index (χ1n) is 13.8. The molecule has 3 saturated heterocycles. The van der Waals surface area contributed by atoms with Crippen LogP contribution in [0.25, 0.3) is 5.78 Å².